The van der Waals surface area contributed by atoms with Crippen LogP contribution >= 0.6 is 0 Å². The van der Waals surface area contributed by atoms with E-state index in [1.807, 2.05) is 27.7 Å². The molecule has 1 N–H and O–H groups in total. The Hall–Kier alpha value is -1.76. The summed E-state index contributed by atoms with van der Waals surface area (Å²) in [4.78, 5) is 11.7. The van der Waals surface area contributed by atoms with Crippen molar-refractivity contribution in [3.05, 3.63) is 24.3 Å². The number of amides is 1. The van der Waals surface area contributed by atoms with Gasteiger partial charge >= 0.3 is 0 Å². The molecule has 0 aromatic heterocycles. The Morgan fingerprint density at radius 1 is 1.17 bits per heavy atom. The van der Waals surface area contributed by atoms with E-state index in [1.165, 1.54) is 4.31 Å². The maximum absolute atomic E-state index is 12.0. The average Bonchev–Trinajstić information content (AvgIpc) is 2.37. The van der Waals surface area contributed by atoms with Crippen LogP contribution in [0.4, 0.5) is 5.69 Å². The summed E-state index contributed by atoms with van der Waals surface area (Å²) in [7, 11) is -3.47. The van der Waals surface area contributed by atoms with Gasteiger partial charge in [0.2, 0.25) is 15.9 Å². The zero-order chi connectivity index (χ0) is 17.6. The standard InChI is InChI=1S/C16H26N2O4S/c1-12(2)17-16(19)10-11-18(23(5,20)21)14-6-8-15(9-7-14)22-13(3)4/h6-9,12-13H,10-11H2,1-5H3,(H,17,19). The smallest absolute Gasteiger partial charge is 0.232 e. The molecule has 0 aliphatic rings. The minimum absolute atomic E-state index is 0.0293. The molecule has 6 nitrogen and oxygen atoms in total. The maximum atomic E-state index is 12.0. The Balaban J connectivity index is 2.85. The van der Waals surface area contributed by atoms with Gasteiger partial charge in [0.25, 0.3) is 0 Å². The maximum Gasteiger partial charge on any atom is 0.232 e. The summed E-state index contributed by atoms with van der Waals surface area (Å²) in [5.41, 5.74) is 0.515. The second-order valence-electron chi connectivity index (χ2n) is 5.97. The Kier molecular flexibility index (Phi) is 6.87. The number of anilines is 1. The molecule has 0 saturated heterocycles. The van der Waals surface area contributed by atoms with E-state index in [2.05, 4.69) is 5.32 Å². The predicted molar refractivity (Wildman–Crippen MR) is 92.3 cm³/mol. The quantitative estimate of drug-likeness (QED) is 0.785. The van der Waals surface area contributed by atoms with Crippen LogP contribution < -0.4 is 14.4 Å². The summed E-state index contributed by atoms with van der Waals surface area (Å²) in [5.74, 6) is 0.503. The Bertz CT molecular complexity index is 609. The zero-order valence-electron chi connectivity index (χ0n) is 14.4. The SMILES string of the molecule is CC(C)NC(=O)CCN(c1ccc(OC(C)C)cc1)S(C)(=O)=O. The van der Waals surface area contributed by atoms with Crippen LogP contribution in [-0.4, -0.2) is 39.3 Å². The molecule has 7 heteroatoms. The summed E-state index contributed by atoms with van der Waals surface area (Å²) in [6.45, 7) is 7.66. The van der Waals surface area contributed by atoms with Gasteiger partial charge in [0.15, 0.2) is 0 Å². The average molecular weight is 342 g/mol. The van der Waals surface area contributed by atoms with Crippen molar-refractivity contribution >= 4 is 21.6 Å². The number of hydrogen-bond acceptors (Lipinski definition) is 4. The number of ether oxygens (including phenoxy) is 1. The van der Waals surface area contributed by atoms with E-state index in [-0.39, 0.29) is 31.0 Å². The molecule has 130 valence electrons. The number of nitrogens with zero attached hydrogens (tertiary/aromatic N) is 1. The van der Waals surface area contributed by atoms with E-state index >= 15 is 0 Å². The lowest BCUT2D eigenvalue weighted by Crippen LogP contribution is -2.36. The monoisotopic (exact) mass is 342 g/mol. The number of benzene rings is 1. The molecule has 0 unspecified atom stereocenters. The summed E-state index contributed by atoms with van der Waals surface area (Å²) in [6, 6.07) is 6.84. The Labute approximate surface area is 138 Å². The van der Waals surface area contributed by atoms with E-state index in [0.29, 0.717) is 11.4 Å². The normalized spacial score (nSPS) is 11.6. The van der Waals surface area contributed by atoms with Crippen LogP contribution in [-0.2, 0) is 14.8 Å². The topological polar surface area (TPSA) is 75.7 Å². The molecule has 23 heavy (non-hydrogen) atoms. The van der Waals surface area contributed by atoms with Crippen LogP contribution in [0.3, 0.4) is 0 Å². The van der Waals surface area contributed by atoms with Crippen molar-refractivity contribution in [1.29, 1.82) is 0 Å². The van der Waals surface area contributed by atoms with Crippen molar-refractivity contribution in [1.82, 2.24) is 5.32 Å². The minimum atomic E-state index is -3.47. The molecule has 0 spiro atoms. The van der Waals surface area contributed by atoms with E-state index in [1.54, 1.807) is 24.3 Å². The minimum Gasteiger partial charge on any atom is -0.491 e. The number of nitrogens with one attached hydrogen (secondary N) is 1. The highest BCUT2D eigenvalue weighted by Crippen LogP contribution is 2.22. The van der Waals surface area contributed by atoms with Gasteiger partial charge in [0, 0.05) is 19.0 Å². The van der Waals surface area contributed by atoms with Gasteiger partial charge in [-0.05, 0) is 52.0 Å². The molecular formula is C16H26N2O4S. The number of rotatable bonds is 8. The molecule has 0 saturated carbocycles. The number of sulfonamides is 1. The van der Waals surface area contributed by atoms with Crippen molar-refractivity contribution in [3.63, 3.8) is 0 Å². The van der Waals surface area contributed by atoms with Gasteiger partial charge in [-0.1, -0.05) is 0 Å². The fourth-order valence-corrected chi connectivity index (χ4v) is 2.97. The second kappa shape index (κ2) is 8.19. The fourth-order valence-electron chi connectivity index (χ4n) is 2.05. The molecule has 1 aromatic carbocycles. The van der Waals surface area contributed by atoms with Gasteiger partial charge < -0.3 is 10.1 Å². The number of carbonyl (C=O) groups excluding carboxylic acids is 1. The van der Waals surface area contributed by atoms with Crippen molar-refractivity contribution in [2.45, 2.75) is 46.3 Å². The molecule has 0 atom stereocenters. The van der Waals surface area contributed by atoms with Gasteiger partial charge in [-0.2, -0.15) is 0 Å². The van der Waals surface area contributed by atoms with Crippen molar-refractivity contribution in [3.8, 4) is 5.75 Å². The molecule has 0 fully saturated rings. The molecule has 0 radical (unpaired) electrons. The summed E-state index contributed by atoms with van der Waals surface area (Å²) >= 11 is 0. The highest BCUT2D eigenvalue weighted by Gasteiger charge is 2.19. The number of hydrogen-bond donors (Lipinski definition) is 1. The Morgan fingerprint density at radius 2 is 1.74 bits per heavy atom. The zero-order valence-corrected chi connectivity index (χ0v) is 15.2. The number of carbonyl (C=O) groups is 1. The Morgan fingerprint density at radius 3 is 2.17 bits per heavy atom. The van der Waals surface area contributed by atoms with Crippen LogP contribution in [0.2, 0.25) is 0 Å². The lowest BCUT2D eigenvalue weighted by molar-refractivity contribution is -0.121. The van der Waals surface area contributed by atoms with E-state index in [4.69, 9.17) is 4.74 Å². The van der Waals surface area contributed by atoms with Crippen molar-refractivity contribution < 1.29 is 17.9 Å². The molecule has 0 bridgehead atoms. The lowest BCUT2D eigenvalue weighted by Gasteiger charge is -2.23. The van der Waals surface area contributed by atoms with Crippen LogP contribution in [0.5, 0.6) is 5.75 Å². The molecule has 1 rings (SSSR count). The van der Waals surface area contributed by atoms with Gasteiger partial charge in [0.1, 0.15) is 5.75 Å². The van der Waals surface area contributed by atoms with Crippen LogP contribution in [0.1, 0.15) is 34.1 Å². The first kappa shape index (κ1) is 19.3. The van der Waals surface area contributed by atoms with Gasteiger partial charge in [-0.25, -0.2) is 8.42 Å². The first-order valence-electron chi connectivity index (χ1n) is 7.63. The van der Waals surface area contributed by atoms with Crippen LogP contribution in [0.15, 0.2) is 24.3 Å². The van der Waals surface area contributed by atoms with Gasteiger partial charge in [-0.15, -0.1) is 0 Å². The molecule has 0 aliphatic carbocycles. The first-order chi connectivity index (χ1) is 10.6. The first-order valence-corrected chi connectivity index (χ1v) is 9.48. The fraction of sp³-hybridized carbons (Fsp3) is 0.562. The lowest BCUT2D eigenvalue weighted by atomic mass is 10.3. The third-order valence-electron chi connectivity index (χ3n) is 2.89. The molecule has 1 amide bonds. The predicted octanol–water partition coefficient (Wildman–Crippen LogP) is 2.15. The molecule has 0 heterocycles. The van der Waals surface area contributed by atoms with E-state index in [0.717, 1.165) is 6.26 Å². The highest BCUT2D eigenvalue weighted by atomic mass is 32.2. The summed E-state index contributed by atoms with van der Waals surface area (Å²) in [5, 5.41) is 2.75. The van der Waals surface area contributed by atoms with Crippen LogP contribution in [0.25, 0.3) is 0 Å². The van der Waals surface area contributed by atoms with Crippen molar-refractivity contribution in [2.24, 2.45) is 0 Å². The second-order valence-corrected chi connectivity index (χ2v) is 7.87. The van der Waals surface area contributed by atoms with Gasteiger partial charge in [-0.3, -0.25) is 9.10 Å². The molecular weight excluding hydrogens is 316 g/mol. The summed E-state index contributed by atoms with van der Waals surface area (Å²) in [6.07, 6.45) is 1.29. The highest BCUT2D eigenvalue weighted by molar-refractivity contribution is 7.92. The van der Waals surface area contributed by atoms with E-state index in [9.17, 15) is 13.2 Å². The van der Waals surface area contributed by atoms with Crippen LogP contribution in [0, 0.1) is 0 Å². The van der Waals surface area contributed by atoms with Gasteiger partial charge in [0.05, 0.1) is 18.0 Å². The molecule has 1 aromatic rings. The van der Waals surface area contributed by atoms with E-state index < -0.39 is 10.0 Å². The largest absolute Gasteiger partial charge is 0.491 e. The third kappa shape index (κ3) is 6.90. The summed E-state index contributed by atoms with van der Waals surface area (Å²) < 4.78 is 30.8. The molecule has 0 aliphatic heterocycles. The van der Waals surface area contributed by atoms with Crippen molar-refractivity contribution in [2.75, 3.05) is 17.1 Å². The third-order valence-corrected chi connectivity index (χ3v) is 4.08.